The maximum absolute atomic E-state index is 14.4. The van der Waals surface area contributed by atoms with Crippen molar-refractivity contribution in [3.63, 3.8) is 0 Å². The van der Waals surface area contributed by atoms with E-state index in [1.165, 1.54) is 50.4 Å². The van der Waals surface area contributed by atoms with Gasteiger partial charge < -0.3 is 18.9 Å². The molecule has 0 bridgehead atoms. The Morgan fingerprint density at radius 2 is 1.55 bits per heavy atom. The zero-order valence-electron chi connectivity index (χ0n) is 20.3. The first-order valence-corrected chi connectivity index (χ1v) is 11.8. The highest BCUT2D eigenvalue weighted by Gasteiger charge is 2.13. The summed E-state index contributed by atoms with van der Waals surface area (Å²) in [4.78, 5) is 4.59. The molecular formula is C26H21F4N3O4S. The zero-order chi connectivity index (χ0) is 27.2. The summed E-state index contributed by atoms with van der Waals surface area (Å²) < 4.78 is 74.9. The van der Waals surface area contributed by atoms with Gasteiger partial charge in [-0.25, -0.2) is 18.4 Å². The van der Waals surface area contributed by atoms with E-state index in [1.54, 1.807) is 29.6 Å². The van der Waals surface area contributed by atoms with Gasteiger partial charge >= 0.3 is 6.61 Å². The third-order valence-electron chi connectivity index (χ3n) is 5.23. The number of methoxy groups -OCH3 is 3. The summed E-state index contributed by atoms with van der Waals surface area (Å²) in [6.07, 6.45) is 1.49. The first kappa shape index (κ1) is 26.7. The molecule has 0 saturated heterocycles. The normalized spacial score (nSPS) is 11.8. The lowest BCUT2D eigenvalue weighted by molar-refractivity contribution is -0.0498. The van der Waals surface area contributed by atoms with Crippen LogP contribution in [-0.2, 0) is 0 Å². The maximum atomic E-state index is 14.4. The third kappa shape index (κ3) is 5.97. The van der Waals surface area contributed by atoms with Crippen LogP contribution in [0.1, 0.15) is 5.56 Å². The number of aromatic nitrogens is 1. The van der Waals surface area contributed by atoms with Crippen molar-refractivity contribution < 1.29 is 36.5 Å². The third-order valence-corrected chi connectivity index (χ3v) is 6.05. The van der Waals surface area contributed by atoms with Crippen LogP contribution in [0.25, 0.3) is 11.3 Å². The van der Waals surface area contributed by atoms with Crippen LogP contribution < -0.4 is 23.7 Å². The van der Waals surface area contributed by atoms with Crippen molar-refractivity contribution in [2.45, 2.75) is 6.61 Å². The van der Waals surface area contributed by atoms with E-state index in [0.29, 0.717) is 34.1 Å². The van der Waals surface area contributed by atoms with Crippen molar-refractivity contribution >= 4 is 23.2 Å². The molecule has 0 fully saturated rings. The number of thiazole rings is 1. The smallest absolute Gasteiger partial charge is 0.387 e. The van der Waals surface area contributed by atoms with Crippen LogP contribution in [0, 0.1) is 11.6 Å². The van der Waals surface area contributed by atoms with Crippen LogP contribution in [0.2, 0.25) is 0 Å². The van der Waals surface area contributed by atoms with Gasteiger partial charge in [-0.15, -0.1) is 11.3 Å². The van der Waals surface area contributed by atoms with E-state index < -0.39 is 18.2 Å². The van der Waals surface area contributed by atoms with E-state index in [0.717, 1.165) is 23.5 Å². The zero-order valence-corrected chi connectivity index (χ0v) is 21.1. The molecule has 1 aromatic heterocycles. The molecule has 0 aliphatic rings. The Labute approximate surface area is 218 Å². The van der Waals surface area contributed by atoms with Gasteiger partial charge in [-0.1, -0.05) is 0 Å². The molecule has 0 aliphatic heterocycles. The van der Waals surface area contributed by atoms with Crippen molar-refractivity contribution in [2.24, 2.45) is 10.1 Å². The average molecular weight is 548 g/mol. The van der Waals surface area contributed by atoms with Crippen molar-refractivity contribution in [2.75, 3.05) is 21.3 Å². The van der Waals surface area contributed by atoms with E-state index in [2.05, 4.69) is 14.8 Å². The molecule has 7 nitrogen and oxygen atoms in total. The van der Waals surface area contributed by atoms with Crippen molar-refractivity contribution in [3.8, 4) is 34.3 Å². The molecule has 0 N–H and O–H groups in total. The van der Waals surface area contributed by atoms with E-state index in [4.69, 9.17) is 14.2 Å². The SMILES string of the molecule is COc1cc(OC)c(OC)cc1/C=N\n1c(-c2ccc(OC(F)F)cc2)csc1=Nc1ccc(F)cc1F. The molecule has 4 aromatic rings. The lowest BCUT2D eigenvalue weighted by Gasteiger charge is -2.12. The van der Waals surface area contributed by atoms with Gasteiger partial charge in [0.05, 0.1) is 33.2 Å². The number of rotatable bonds is 9. The summed E-state index contributed by atoms with van der Waals surface area (Å²) in [6, 6.07) is 12.3. The van der Waals surface area contributed by atoms with Gasteiger partial charge in [-0.3, -0.25) is 0 Å². The highest BCUT2D eigenvalue weighted by molar-refractivity contribution is 7.07. The number of benzene rings is 3. The molecule has 198 valence electrons. The summed E-state index contributed by atoms with van der Waals surface area (Å²) in [5, 5.41) is 6.27. The lowest BCUT2D eigenvalue weighted by atomic mass is 10.1. The maximum Gasteiger partial charge on any atom is 0.387 e. The Balaban J connectivity index is 1.85. The molecule has 0 unspecified atom stereocenters. The van der Waals surface area contributed by atoms with Crippen LogP contribution >= 0.6 is 11.3 Å². The fourth-order valence-corrected chi connectivity index (χ4v) is 4.29. The molecule has 0 radical (unpaired) electrons. The summed E-state index contributed by atoms with van der Waals surface area (Å²) in [7, 11) is 4.48. The fraction of sp³-hybridized carbons (Fsp3) is 0.154. The Bertz CT molecular complexity index is 1520. The largest absolute Gasteiger partial charge is 0.496 e. The van der Waals surface area contributed by atoms with E-state index in [1.807, 2.05) is 0 Å². The second kappa shape index (κ2) is 11.8. The first-order valence-electron chi connectivity index (χ1n) is 10.9. The number of ether oxygens (including phenoxy) is 4. The topological polar surface area (TPSA) is 66.6 Å². The second-order valence-electron chi connectivity index (χ2n) is 7.52. The van der Waals surface area contributed by atoms with E-state index in [9.17, 15) is 17.6 Å². The number of halogens is 4. The molecule has 0 amide bonds. The van der Waals surface area contributed by atoms with Gasteiger partial charge in [0.2, 0.25) is 4.80 Å². The predicted octanol–water partition coefficient (Wildman–Crippen LogP) is 6.24. The summed E-state index contributed by atoms with van der Waals surface area (Å²) in [5.41, 5.74) is 1.57. The minimum absolute atomic E-state index is 0.0117. The molecular weight excluding hydrogens is 526 g/mol. The average Bonchev–Trinajstić information content (AvgIpc) is 3.30. The summed E-state index contributed by atoms with van der Waals surface area (Å²) in [5.74, 6) is -0.240. The van der Waals surface area contributed by atoms with E-state index >= 15 is 0 Å². The molecule has 3 aromatic carbocycles. The molecule has 0 saturated carbocycles. The number of alkyl halides is 2. The highest BCUT2D eigenvalue weighted by Crippen LogP contribution is 2.34. The van der Waals surface area contributed by atoms with Crippen molar-refractivity contribution in [1.29, 1.82) is 0 Å². The Hall–Kier alpha value is -4.32. The minimum atomic E-state index is -2.95. The quantitative estimate of drug-likeness (QED) is 0.184. The molecule has 0 atom stereocenters. The van der Waals surface area contributed by atoms with Gasteiger partial charge in [0.25, 0.3) is 0 Å². The highest BCUT2D eigenvalue weighted by atomic mass is 32.1. The summed E-state index contributed by atoms with van der Waals surface area (Å²) in [6.45, 7) is -2.95. The van der Waals surface area contributed by atoms with Gasteiger partial charge in [0.15, 0.2) is 17.3 Å². The Kier molecular flexibility index (Phi) is 8.31. The summed E-state index contributed by atoms with van der Waals surface area (Å²) >= 11 is 1.15. The number of hydrogen-bond acceptors (Lipinski definition) is 7. The lowest BCUT2D eigenvalue weighted by Crippen LogP contribution is -2.12. The molecule has 0 spiro atoms. The minimum Gasteiger partial charge on any atom is -0.496 e. The second-order valence-corrected chi connectivity index (χ2v) is 8.36. The molecule has 12 heteroatoms. The van der Waals surface area contributed by atoms with Crippen LogP contribution in [0.15, 0.2) is 70.1 Å². The predicted molar refractivity (Wildman–Crippen MR) is 135 cm³/mol. The van der Waals surface area contributed by atoms with Crippen LogP contribution in [0.3, 0.4) is 0 Å². The number of hydrogen-bond donors (Lipinski definition) is 0. The fourth-order valence-electron chi connectivity index (χ4n) is 3.44. The Morgan fingerprint density at radius 3 is 2.18 bits per heavy atom. The van der Waals surface area contributed by atoms with Crippen molar-refractivity contribution in [1.82, 2.24) is 4.68 Å². The van der Waals surface area contributed by atoms with Crippen LogP contribution in [-0.4, -0.2) is 38.8 Å². The molecule has 38 heavy (non-hydrogen) atoms. The first-order chi connectivity index (χ1) is 18.3. The molecule has 4 rings (SSSR count). The monoisotopic (exact) mass is 547 g/mol. The standard InChI is InChI=1S/C26H21F4N3O4S/c1-34-22-12-24(36-3)23(35-2)10-16(22)13-31-33-21(15-4-7-18(8-5-15)37-25(29)30)14-38-26(33)32-20-9-6-17(27)11-19(20)28/h4-14,25H,1-3H3/b31-13-,32-26?. The molecule has 1 heterocycles. The number of nitrogens with zero attached hydrogens (tertiary/aromatic N) is 3. The van der Waals surface area contributed by atoms with Gasteiger partial charge in [-0.05, 0) is 42.5 Å². The van der Waals surface area contributed by atoms with Gasteiger partial charge in [-0.2, -0.15) is 13.9 Å². The van der Waals surface area contributed by atoms with E-state index in [-0.39, 0.29) is 16.2 Å². The van der Waals surface area contributed by atoms with Crippen molar-refractivity contribution in [3.05, 3.63) is 82.0 Å². The Morgan fingerprint density at radius 1 is 0.868 bits per heavy atom. The molecule has 0 aliphatic carbocycles. The van der Waals surface area contributed by atoms with Gasteiger partial charge in [0, 0.05) is 28.6 Å². The van der Waals surface area contributed by atoms with Crippen LogP contribution in [0.5, 0.6) is 23.0 Å². The van der Waals surface area contributed by atoms with Crippen LogP contribution in [0.4, 0.5) is 23.2 Å². The van der Waals surface area contributed by atoms with Gasteiger partial charge in [0.1, 0.15) is 23.0 Å².